The molecular formula is H12ClN6Ru-6. The Hall–Kier alpha value is 0.673. The van der Waals surface area contributed by atoms with Gasteiger partial charge in [0.2, 0.25) is 0 Å². The van der Waals surface area contributed by atoms with E-state index in [9.17, 15) is 0 Å². The van der Waals surface area contributed by atoms with E-state index < -0.39 is 0 Å². The molecule has 0 rings (SSSR count). The summed E-state index contributed by atoms with van der Waals surface area (Å²) in [6.07, 6.45) is 0. The third-order valence-electron chi connectivity index (χ3n) is 0. The molecule has 0 spiro atoms. The summed E-state index contributed by atoms with van der Waals surface area (Å²) < 4.78 is 0. The molecule has 0 amide bonds. The van der Waals surface area contributed by atoms with Crippen molar-refractivity contribution in [3.05, 3.63) is 36.9 Å². The van der Waals surface area contributed by atoms with Gasteiger partial charge in [0, 0.05) is 0 Å². The van der Waals surface area contributed by atoms with Gasteiger partial charge >= 0.3 is 27.0 Å². The van der Waals surface area contributed by atoms with E-state index in [0.717, 1.165) is 0 Å². The van der Waals surface area contributed by atoms with Gasteiger partial charge in [-0.2, -0.15) is 0 Å². The molecule has 0 aliphatic carbocycles. The molecule has 0 aromatic carbocycles. The van der Waals surface area contributed by atoms with Gasteiger partial charge in [0.05, 0.1) is 0 Å². The quantitative estimate of drug-likeness (QED) is 0.506. The fourth-order valence-electron chi connectivity index (χ4n) is 0. The van der Waals surface area contributed by atoms with Gasteiger partial charge in [-0.1, -0.05) is 0 Å². The molecule has 0 saturated carbocycles. The largest absolute Gasteiger partial charge is 0.693 e. The molecule has 12 N–H and O–H groups in total. The molecule has 63 valence electrons. The second kappa shape index (κ2) is 754. The summed E-state index contributed by atoms with van der Waals surface area (Å²) >= 11 is 1.82. The van der Waals surface area contributed by atoms with Gasteiger partial charge in [-0.3, -0.25) is 0 Å². The van der Waals surface area contributed by atoms with E-state index >= 15 is 0 Å². The van der Waals surface area contributed by atoms with Gasteiger partial charge < -0.3 is 36.9 Å². The average molecular weight is 233 g/mol. The monoisotopic (exact) mass is 233 g/mol. The first-order chi connectivity index (χ1) is 1.00. The zero-order chi connectivity index (χ0) is 2.00. The predicted octanol–water partition coefficient (Wildman–Crippen LogP) is 4.99. The SMILES string of the molecule is [Cl][Ru].[NH2-].[NH2-].[NH2-].[NH2-].[NH2-].[NH2-]. The minimum atomic E-state index is 0. The smallest absolute Gasteiger partial charge is 0.693 e. The average Bonchev–Trinajstić information content (AvgIpc) is 1.00. The number of rotatable bonds is 0. The summed E-state index contributed by atoms with van der Waals surface area (Å²) in [7, 11) is 4.57. The molecule has 8 heteroatoms. The van der Waals surface area contributed by atoms with Gasteiger partial charge in [-0.25, -0.2) is 0 Å². The summed E-state index contributed by atoms with van der Waals surface area (Å²) in [6.45, 7) is 0. The van der Waals surface area contributed by atoms with Gasteiger partial charge in [-0.15, -0.1) is 0 Å². The van der Waals surface area contributed by atoms with Crippen LogP contribution in [0, 0.1) is 0 Å². The normalized spacial score (nSPS) is 0.750. The Balaban J connectivity index is -0.000000000333. The zero-order valence-electron chi connectivity index (χ0n) is 4.20. The number of nitrogens with two attached hydrogens (primary N) is 6. The summed E-state index contributed by atoms with van der Waals surface area (Å²) in [5.41, 5.74) is 0. The van der Waals surface area contributed by atoms with Crippen molar-refractivity contribution in [3.63, 3.8) is 0 Å². The second-order valence-corrected chi connectivity index (χ2v) is 0. The van der Waals surface area contributed by atoms with Crippen LogP contribution in [0.5, 0.6) is 0 Å². The van der Waals surface area contributed by atoms with Crippen LogP contribution in [-0.4, -0.2) is 0 Å². The van der Waals surface area contributed by atoms with Crippen molar-refractivity contribution in [1.29, 1.82) is 0 Å². The zero-order valence-corrected chi connectivity index (χ0v) is 6.69. The first-order valence-corrected chi connectivity index (χ1v) is 2.37. The van der Waals surface area contributed by atoms with Crippen LogP contribution in [0.25, 0.3) is 36.9 Å². The molecule has 0 aromatic rings. The van der Waals surface area contributed by atoms with Crippen molar-refractivity contribution < 1.29 is 17.3 Å². The van der Waals surface area contributed by atoms with Gasteiger partial charge in [-0.05, 0) is 0 Å². The topological polar surface area (TPSA) is 201 Å². The number of hydrogen-bond acceptors (Lipinski definition) is 0. The third kappa shape index (κ3) is 474. The van der Waals surface area contributed by atoms with Crippen LogP contribution in [0.2, 0.25) is 0 Å². The Labute approximate surface area is 64.3 Å². The minimum Gasteiger partial charge on any atom is -0.693 e. The van der Waals surface area contributed by atoms with E-state index in [4.69, 9.17) is 0 Å². The van der Waals surface area contributed by atoms with Gasteiger partial charge in [0.25, 0.3) is 0 Å². The molecule has 0 heterocycles. The summed E-state index contributed by atoms with van der Waals surface area (Å²) in [5, 5.41) is 0. The Kier molecular flexibility index (Phi) is 17200. The van der Waals surface area contributed by atoms with Crippen molar-refractivity contribution in [3.8, 4) is 0 Å². The summed E-state index contributed by atoms with van der Waals surface area (Å²) in [4.78, 5) is 0. The van der Waals surface area contributed by atoms with Crippen LogP contribution < -0.4 is 0 Å². The fourth-order valence-corrected chi connectivity index (χ4v) is 0. The van der Waals surface area contributed by atoms with E-state index in [1.54, 1.807) is 0 Å². The number of hydrogen-bond donors (Lipinski definition) is 0. The Bertz CT molecular complexity index is 8.49. The molecule has 0 aliphatic rings. The van der Waals surface area contributed by atoms with E-state index in [-0.39, 0.29) is 36.9 Å². The molecule has 6 nitrogen and oxygen atoms in total. The van der Waals surface area contributed by atoms with Crippen molar-refractivity contribution >= 4 is 9.69 Å². The standard InChI is InChI=1S/ClH.6H2N.Ru/h1H;6*1H2;/q;6*-1;+1/p-1. The second-order valence-electron chi connectivity index (χ2n) is 0. The van der Waals surface area contributed by atoms with Crippen LogP contribution in [0.1, 0.15) is 0 Å². The molecule has 0 aromatic heterocycles. The molecule has 0 fully saturated rings. The van der Waals surface area contributed by atoms with Crippen molar-refractivity contribution in [1.82, 2.24) is 0 Å². The van der Waals surface area contributed by atoms with Crippen LogP contribution in [0.3, 0.4) is 0 Å². The minimum absolute atomic E-state index is 0. The molecular weight excluding hydrogens is 221 g/mol. The molecule has 0 radical (unpaired) electrons. The van der Waals surface area contributed by atoms with Crippen molar-refractivity contribution in [2.75, 3.05) is 0 Å². The fraction of sp³-hybridized carbons (Fsp3) is 0. The third-order valence-corrected chi connectivity index (χ3v) is 0. The Morgan fingerprint density at radius 2 is 0.500 bits per heavy atom. The van der Waals surface area contributed by atoms with E-state index in [0.29, 0.717) is 0 Å². The molecule has 8 heavy (non-hydrogen) atoms. The molecule has 0 bridgehead atoms. The summed E-state index contributed by atoms with van der Waals surface area (Å²) in [5.74, 6) is 0. The van der Waals surface area contributed by atoms with Crippen LogP contribution in [0.4, 0.5) is 0 Å². The maximum Gasteiger partial charge on any atom is -0.693 e. The van der Waals surface area contributed by atoms with E-state index in [1.807, 2.05) is 17.3 Å². The predicted molar refractivity (Wildman–Crippen MR) is 37.6 cm³/mol. The Morgan fingerprint density at radius 1 is 0.500 bits per heavy atom. The maximum absolute atomic E-state index is 4.57. The first-order valence-electron chi connectivity index (χ1n) is 0.134. The molecule has 0 unspecified atom stereocenters. The van der Waals surface area contributed by atoms with Crippen LogP contribution in [-0.2, 0) is 17.3 Å². The van der Waals surface area contributed by atoms with Crippen molar-refractivity contribution in [2.45, 2.75) is 0 Å². The maximum atomic E-state index is 4.57. The van der Waals surface area contributed by atoms with Crippen molar-refractivity contribution in [2.24, 2.45) is 0 Å². The Morgan fingerprint density at radius 3 is 0.500 bits per heavy atom. The van der Waals surface area contributed by atoms with Gasteiger partial charge in [0.15, 0.2) is 0 Å². The molecule has 0 atom stereocenters. The summed E-state index contributed by atoms with van der Waals surface area (Å²) in [6, 6.07) is 0. The van der Waals surface area contributed by atoms with Crippen LogP contribution in [0.15, 0.2) is 0 Å². The molecule has 0 saturated heterocycles. The van der Waals surface area contributed by atoms with Crippen LogP contribution >= 0.6 is 9.69 Å². The van der Waals surface area contributed by atoms with E-state index in [1.165, 1.54) is 0 Å². The van der Waals surface area contributed by atoms with E-state index in [2.05, 4.69) is 9.69 Å². The first kappa shape index (κ1) is 182. The van der Waals surface area contributed by atoms with Gasteiger partial charge in [0.1, 0.15) is 0 Å². The molecule has 0 aliphatic heterocycles. The number of halogens is 1.